The lowest BCUT2D eigenvalue weighted by atomic mass is 9.94. The number of aryl methyl sites for hydroxylation is 1. The van der Waals surface area contributed by atoms with Crippen LogP contribution >= 0.6 is 27.3 Å². The summed E-state index contributed by atoms with van der Waals surface area (Å²) in [4.78, 5) is 2.35. The first-order chi connectivity index (χ1) is 5.47. The van der Waals surface area contributed by atoms with Gasteiger partial charge >= 0.3 is 0 Å². The van der Waals surface area contributed by atoms with E-state index in [4.69, 9.17) is 5.26 Å². The summed E-state index contributed by atoms with van der Waals surface area (Å²) in [5.74, 6) is 0. The van der Waals surface area contributed by atoms with Crippen LogP contribution < -0.4 is 0 Å². The SMILES string of the molecule is Cc1sc(C(C)(C)C#N)cc1Br. The first-order valence-electron chi connectivity index (χ1n) is 3.65. The molecule has 1 rings (SSSR count). The van der Waals surface area contributed by atoms with Crippen molar-refractivity contribution in [3.8, 4) is 6.07 Å². The van der Waals surface area contributed by atoms with Gasteiger partial charge in [-0.1, -0.05) is 0 Å². The van der Waals surface area contributed by atoms with Gasteiger partial charge in [-0.05, 0) is 42.8 Å². The minimum absolute atomic E-state index is 0.360. The second-order valence-corrected chi connectivity index (χ2v) is 5.36. The average Bonchev–Trinajstić information content (AvgIpc) is 2.33. The summed E-state index contributed by atoms with van der Waals surface area (Å²) in [5.41, 5.74) is -0.360. The Morgan fingerprint density at radius 1 is 1.58 bits per heavy atom. The number of hydrogen-bond donors (Lipinski definition) is 0. The third-order valence-electron chi connectivity index (χ3n) is 1.75. The van der Waals surface area contributed by atoms with Gasteiger partial charge in [0.2, 0.25) is 0 Å². The van der Waals surface area contributed by atoms with E-state index in [-0.39, 0.29) is 5.41 Å². The highest BCUT2D eigenvalue weighted by atomic mass is 79.9. The summed E-state index contributed by atoms with van der Waals surface area (Å²) in [5, 5.41) is 8.89. The Labute approximate surface area is 85.2 Å². The Hall–Kier alpha value is -0.330. The number of halogens is 1. The van der Waals surface area contributed by atoms with Crippen molar-refractivity contribution in [3.05, 3.63) is 20.3 Å². The Bertz CT molecular complexity index is 313. The predicted molar refractivity (Wildman–Crippen MR) is 55.4 cm³/mol. The second kappa shape index (κ2) is 3.20. The summed E-state index contributed by atoms with van der Waals surface area (Å²) < 4.78 is 1.10. The fourth-order valence-electron chi connectivity index (χ4n) is 0.823. The zero-order chi connectivity index (χ0) is 9.35. The number of hydrogen-bond acceptors (Lipinski definition) is 2. The van der Waals surface area contributed by atoms with Crippen LogP contribution in [-0.2, 0) is 5.41 Å². The van der Waals surface area contributed by atoms with Crippen molar-refractivity contribution in [1.82, 2.24) is 0 Å². The Balaban J connectivity index is 3.14. The maximum atomic E-state index is 8.89. The molecule has 0 aliphatic rings. The molecule has 0 fully saturated rings. The summed E-state index contributed by atoms with van der Waals surface area (Å²) in [7, 11) is 0. The zero-order valence-corrected chi connectivity index (χ0v) is 9.71. The molecule has 0 bridgehead atoms. The molecule has 0 aliphatic carbocycles. The largest absolute Gasteiger partial charge is 0.197 e. The minimum atomic E-state index is -0.360. The molecule has 12 heavy (non-hydrogen) atoms. The van der Waals surface area contributed by atoms with Crippen LogP contribution in [0.1, 0.15) is 23.6 Å². The van der Waals surface area contributed by atoms with Gasteiger partial charge in [0.05, 0.1) is 11.5 Å². The van der Waals surface area contributed by atoms with Gasteiger partial charge in [0, 0.05) is 14.2 Å². The van der Waals surface area contributed by atoms with Gasteiger partial charge in [0.25, 0.3) is 0 Å². The molecule has 0 aromatic carbocycles. The van der Waals surface area contributed by atoms with E-state index in [1.807, 2.05) is 26.8 Å². The van der Waals surface area contributed by atoms with E-state index < -0.39 is 0 Å². The third kappa shape index (κ3) is 1.70. The number of nitrogens with zero attached hydrogens (tertiary/aromatic N) is 1. The van der Waals surface area contributed by atoms with Crippen LogP contribution in [0.3, 0.4) is 0 Å². The smallest absolute Gasteiger partial charge is 0.0859 e. The molecule has 0 radical (unpaired) electrons. The van der Waals surface area contributed by atoms with Gasteiger partial charge in [0.15, 0.2) is 0 Å². The van der Waals surface area contributed by atoms with E-state index in [0.717, 1.165) is 9.35 Å². The van der Waals surface area contributed by atoms with Crippen molar-refractivity contribution < 1.29 is 0 Å². The maximum absolute atomic E-state index is 8.89. The van der Waals surface area contributed by atoms with Crippen LogP contribution in [0, 0.1) is 18.3 Å². The van der Waals surface area contributed by atoms with Crippen LogP contribution in [0.15, 0.2) is 10.5 Å². The highest BCUT2D eigenvalue weighted by molar-refractivity contribution is 9.10. The second-order valence-electron chi connectivity index (χ2n) is 3.25. The predicted octanol–water partition coefficient (Wildman–Crippen LogP) is 3.62. The molecule has 64 valence electrons. The highest BCUT2D eigenvalue weighted by Crippen LogP contribution is 2.34. The molecule has 0 unspecified atom stereocenters. The lowest BCUT2D eigenvalue weighted by Crippen LogP contribution is -2.11. The molecule has 0 amide bonds. The van der Waals surface area contributed by atoms with Crippen molar-refractivity contribution >= 4 is 27.3 Å². The highest BCUT2D eigenvalue weighted by Gasteiger charge is 2.22. The molecule has 1 nitrogen and oxygen atoms in total. The molecule has 0 spiro atoms. The molecule has 1 aromatic heterocycles. The molecule has 0 atom stereocenters. The third-order valence-corrected chi connectivity index (χ3v) is 4.21. The quantitative estimate of drug-likeness (QED) is 0.740. The van der Waals surface area contributed by atoms with Crippen LogP contribution in [0.25, 0.3) is 0 Å². The average molecular weight is 244 g/mol. The van der Waals surface area contributed by atoms with Crippen LogP contribution in [0.5, 0.6) is 0 Å². The topological polar surface area (TPSA) is 23.8 Å². The standard InChI is InChI=1S/C9H10BrNS/c1-6-7(10)4-8(12-6)9(2,3)5-11/h4H,1-3H3. The van der Waals surface area contributed by atoms with E-state index >= 15 is 0 Å². The molecule has 0 N–H and O–H groups in total. The van der Waals surface area contributed by atoms with Crippen molar-refractivity contribution in [3.63, 3.8) is 0 Å². The van der Waals surface area contributed by atoms with E-state index in [9.17, 15) is 0 Å². The molecular formula is C9H10BrNS. The minimum Gasteiger partial charge on any atom is -0.197 e. The van der Waals surface area contributed by atoms with E-state index in [2.05, 4.69) is 22.0 Å². The van der Waals surface area contributed by atoms with E-state index in [1.165, 1.54) is 4.88 Å². The molecule has 3 heteroatoms. The maximum Gasteiger partial charge on any atom is 0.0859 e. The Kier molecular flexibility index (Phi) is 2.60. The summed E-state index contributed by atoms with van der Waals surface area (Å²) >= 11 is 5.12. The Morgan fingerprint density at radius 2 is 2.17 bits per heavy atom. The first kappa shape index (κ1) is 9.76. The van der Waals surface area contributed by atoms with Gasteiger partial charge in [-0.3, -0.25) is 0 Å². The fraction of sp³-hybridized carbons (Fsp3) is 0.444. The van der Waals surface area contributed by atoms with Crippen molar-refractivity contribution in [2.75, 3.05) is 0 Å². The summed E-state index contributed by atoms with van der Waals surface area (Å²) in [6, 6.07) is 4.32. The van der Waals surface area contributed by atoms with Gasteiger partial charge in [-0.25, -0.2) is 0 Å². The molecule has 0 saturated carbocycles. The monoisotopic (exact) mass is 243 g/mol. The van der Waals surface area contributed by atoms with Crippen molar-refractivity contribution in [2.45, 2.75) is 26.2 Å². The first-order valence-corrected chi connectivity index (χ1v) is 5.26. The number of thiophene rings is 1. The van der Waals surface area contributed by atoms with Gasteiger partial charge in [0.1, 0.15) is 0 Å². The molecule has 1 heterocycles. The number of nitriles is 1. The van der Waals surface area contributed by atoms with Crippen LogP contribution in [-0.4, -0.2) is 0 Å². The van der Waals surface area contributed by atoms with Crippen molar-refractivity contribution in [2.24, 2.45) is 0 Å². The molecular weight excluding hydrogens is 234 g/mol. The fourth-order valence-corrected chi connectivity index (χ4v) is 2.41. The van der Waals surface area contributed by atoms with Gasteiger partial charge in [-0.15, -0.1) is 11.3 Å². The Morgan fingerprint density at radius 3 is 2.50 bits per heavy atom. The lowest BCUT2D eigenvalue weighted by Gasteiger charge is -2.11. The van der Waals surface area contributed by atoms with Crippen LogP contribution in [0.4, 0.5) is 0 Å². The molecule has 1 aromatic rings. The summed E-state index contributed by atoms with van der Waals surface area (Å²) in [6.45, 7) is 5.92. The number of rotatable bonds is 1. The summed E-state index contributed by atoms with van der Waals surface area (Å²) in [6.07, 6.45) is 0. The van der Waals surface area contributed by atoms with Crippen LogP contribution in [0.2, 0.25) is 0 Å². The zero-order valence-electron chi connectivity index (χ0n) is 7.31. The molecule has 0 aliphatic heterocycles. The van der Waals surface area contributed by atoms with E-state index in [0.29, 0.717) is 0 Å². The lowest BCUT2D eigenvalue weighted by molar-refractivity contribution is 0.703. The van der Waals surface area contributed by atoms with E-state index in [1.54, 1.807) is 11.3 Å². The van der Waals surface area contributed by atoms with Gasteiger partial charge in [-0.2, -0.15) is 5.26 Å². The molecule has 0 saturated heterocycles. The van der Waals surface area contributed by atoms with Gasteiger partial charge < -0.3 is 0 Å². The normalized spacial score (nSPS) is 11.2. The van der Waals surface area contributed by atoms with Crippen molar-refractivity contribution in [1.29, 1.82) is 5.26 Å².